The lowest BCUT2D eigenvalue weighted by atomic mass is 10.1. The van der Waals surface area contributed by atoms with Crippen molar-refractivity contribution >= 4 is 0 Å². The van der Waals surface area contributed by atoms with E-state index in [0.717, 1.165) is 12.1 Å². The summed E-state index contributed by atoms with van der Waals surface area (Å²) in [5, 5.41) is 27.4. The largest absolute Gasteiger partial charge is 0.508 e. The minimum atomic E-state index is -0.467. The SMILES string of the molecule is C[C@H](N)c1c(O)cc(O)cc1O. The van der Waals surface area contributed by atoms with Crippen LogP contribution in [-0.2, 0) is 0 Å². The van der Waals surface area contributed by atoms with Gasteiger partial charge < -0.3 is 21.1 Å². The first kappa shape index (κ1) is 8.67. The van der Waals surface area contributed by atoms with Gasteiger partial charge in [0, 0.05) is 18.2 Å². The van der Waals surface area contributed by atoms with Crippen LogP contribution in [0.15, 0.2) is 12.1 Å². The molecular weight excluding hydrogens is 158 g/mol. The molecule has 0 aliphatic rings. The van der Waals surface area contributed by atoms with Gasteiger partial charge in [-0.15, -0.1) is 0 Å². The van der Waals surface area contributed by atoms with Gasteiger partial charge in [0.2, 0.25) is 0 Å². The molecule has 1 aromatic rings. The van der Waals surface area contributed by atoms with Gasteiger partial charge in [-0.2, -0.15) is 0 Å². The minimum Gasteiger partial charge on any atom is -0.508 e. The van der Waals surface area contributed by atoms with E-state index in [1.807, 2.05) is 0 Å². The van der Waals surface area contributed by atoms with Gasteiger partial charge in [-0.05, 0) is 6.92 Å². The summed E-state index contributed by atoms with van der Waals surface area (Å²) >= 11 is 0. The topological polar surface area (TPSA) is 86.7 Å². The quantitative estimate of drug-likeness (QED) is 0.501. The molecule has 0 fully saturated rings. The number of hydrogen-bond acceptors (Lipinski definition) is 4. The molecule has 1 aromatic carbocycles. The molecule has 4 nitrogen and oxygen atoms in total. The summed E-state index contributed by atoms with van der Waals surface area (Å²) < 4.78 is 0. The van der Waals surface area contributed by atoms with Gasteiger partial charge in [0.15, 0.2) is 0 Å². The lowest BCUT2D eigenvalue weighted by Gasteiger charge is -2.10. The van der Waals surface area contributed by atoms with Crippen LogP contribution in [0.5, 0.6) is 17.2 Å². The highest BCUT2D eigenvalue weighted by Gasteiger charge is 2.12. The third kappa shape index (κ3) is 1.43. The number of phenolic OH excluding ortho intramolecular Hbond substituents is 3. The van der Waals surface area contributed by atoms with Gasteiger partial charge in [-0.25, -0.2) is 0 Å². The van der Waals surface area contributed by atoms with Gasteiger partial charge in [0.05, 0.1) is 5.56 Å². The number of hydrogen-bond donors (Lipinski definition) is 4. The fraction of sp³-hybridized carbons (Fsp3) is 0.250. The Kier molecular flexibility index (Phi) is 2.10. The third-order valence-corrected chi connectivity index (χ3v) is 1.58. The predicted molar refractivity (Wildman–Crippen MR) is 44.0 cm³/mol. The van der Waals surface area contributed by atoms with Gasteiger partial charge in [0.1, 0.15) is 17.2 Å². The fourth-order valence-electron chi connectivity index (χ4n) is 1.08. The lowest BCUT2D eigenvalue weighted by molar-refractivity contribution is 0.414. The van der Waals surface area contributed by atoms with Crippen molar-refractivity contribution in [2.24, 2.45) is 5.73 Å². The van der Waals surface area contributed by atoms with Crippen molar-refractivity contribution < 1.29 is 15.3 Å². The Balaban J connectivity index is 3.28. The molecule has 0 radical (unpaired) electrons. The van der Waals surface area contributed by atoms with E-state index in [2.05, 4.69) is 0 Å². The molecule has 1 rings (SSSR count). The molecule has 66 valence electrons. The maximum absolute atomic E-state index is 9.24. The number of nitrogens with two attached hydrogens (primary N) is 1. The number of aromatic hydroxyl groups is 3. The Bertz CT molecular complexity index is 273. The first-order valence-corrected chi connectivity index (χ1v) is 3.52. The first-order valence-electron chi connectivity index (χ1n) is 3.52. The van der Waals surface area contributed by atoms with E-state index in [9.17, 15) is 10.2 Å². The van der Waals surface area contributed by atoms with Crippen LogP contribution >= 0.6 is 0 Å². The van der Waals surface area contributed by atoms with Crippen LogP contribution in [0.1, 0.15) is 18.5 Å². The van der Waals surface area contributed by atoms with Crippen molar-refractivity contribution in [2.45, 2.75) is 13.0 Å². The molecule has 0 saturated carbocycles. The maximum Gasteiger partial charge on any atom is 0.127 e. The zero-order valence-corrected chi connectivity index (χ0v) is 6.65. The third-order valence-electron chi connectivity index (χ3n) is 1.58. The van der Waals surface area contributed by atoms with Gasteiger partial charge >= 0.3 is 0 Å². The van der Waals surface area contributed by atoms with Crippen LogP contribution in [0.25, 0.3) is 0 Å². The van der Waals surface area contributed by atoms with E-state index in [4.69, 9.17) is 10.8 Å². The van der Waals surface area contributed by atoms with Crippen molar-refractivity contribution in [3.8, 4) is 17.2 Å². The molecule has 0 heterocycles. The van der Waals surface area contributed by atoms with E-state index in [1.165, 1.54) is 0 Å². The molecule has 1 atom stereocenters. The Morgan fingerprint density at radius 3 is 1.92 bits per heavy atom. The van der Waals surface area contributed by atoms with E-state index in [0.29, 0.717) is 0 Å². The molecule has 0 amide bonds. The summed E-state index contributed by atoms with van der Waals surface area (Å²) in [6.07, 6.45) is 0. The minimum absolute atomic E-state index is 0.186. The molecule has 0 spiro atoms. The summed E-state index contributed by atoms with van der Waals surface area (Å²) in [4.78, 5) is 0. The second-order valence-electron chi connectivity index (χ2n) is 2.69. The molecule has 0 aliphatic heterocycles. The molecule has 0 bridgehead atoms. The average Bonchev–Trinajstić information content (AvgIpc) is 1.82. The highest BCUT2D eigenvalue weighted by molar-refractivity contribution is 5.49. The Morgan fingerprint density at radius 2 is 1.58 bits per heavy atom. The molecular formula is C8H11NO3. The first-order chi connectivity index (χ1) is 5.52. The van der Waals surface area contributed by atoms with Crippen LogP contribution in [-0.4, -0.2) is 15.3 Å². The second kappa shape index (κ2) is 2.91. The van der Waals surface area contributed by atoms with E-state index in [-0.39, 0.29) is 22.8 Å². The monoisotopic (exact) mass is 169 g/mol. The molecule has 0 aromatic heterocycles. The number of benzene rings is 1. The molecule has 12 heavy (non-hydrogen) atoms. The molecule has 0 aliphatic carbocycles. The number of phenols is 3. The highest BCUT2D eigenvalue weighted by atomic mass is 16.3. The predicted octanol–water partition coefficient (Wildman–Crippen LogP) is 0.823. The summed E-state index contributed by atoms with van der Waals surface area (Å²) in [6, 6.07) is 1.81. The summed E-state index contributed by atoms with van der Waals surface area (Å²) in [6.45, 7) is 1.63. The highest BCUT2D eigenvalue weighted by Crippen LogP contribution is 2.35. The summed E-state index contributed by atoms with van der Waals surface area (Å²) in [7, 11) is 0. The van der Waals surface area contributed by atoms with Crippen LogP contribution in [0.3, 0.4) is 0 Å². The zero-order valence-electron chi connectivity index (χ0n) is 6.65. The van der Waals surface area contributed by atoms with Crippen LogP contribution in [0.4, 0.5) is 0 Å². The van der Waals surface area contributed by atoms with Crippen molar-refractivity contribution in [3.63, 3.8) is 0 Å². The molecule has 4 heteroatoms. The van der Waals surface area contributed by atoms with Crippen LogP contribution in [0.2, 0.25) is 0 Å². The van der Waals surface area contributed by atoms with Gasteiger partial charge in [-0.3, -0.25) is 0 Å². The molecule has 5 N–H and O–H groups in total. The Hall–Kier alpha value is -1.42. The fourth-order valence-corrected chi connectivity index (χ4v) is 1.08. The normalized spacial score (nSPS) is 12.8. The number of rotatable bonds is 1. The zero-order chi connectivity index (χ0) is 9.30. The van der Waals surface area contributed by atoms with Gasteiger partial charge in [-0.1, -0.05) is 0 Å². The average molecular weight is 169 g/mol. The van der Waals surface area contributed by atoms with Crippen LogP contribution in [0, 0.1) is 0 Å². The Labute approximate surface area is 69.9 Å². The van der Waals surface area contributed by atoms with Crippen LogP contribution < -0.4 is 5.73 Å². The van der Waals surface area contributed by atoms with Crippen molar-refractivity contribution in [3.05, 3.63) is 17.7 Å². The maximum atomic E-state index is 9.24. The van der Waals surface area contributed by atoms with Crippen molar-refractivity contribution in [1.29, 1.82) is 0 Å². The molecule has 0 unspecified atom stereocenters. The smallest absolute Gasteiger partial charge is 0.127 e. The molecule has 0 saturated heterocycles. The van der Waals surface area contributed by atoms with E-state index in [1.54, 1.807) is 6.92 Å². The summed E-state index contributed by atoms with van der Waals surface area (Å²) in [5.74, 6) is -0.570. The van der Waals surface area contributed by atoms with Gasteiger partial charge in [0.25, 0.3) is 0 Å². The Morgan fingerprint density at radius 1 is 1.17 bits per heavy atom. The standard InChI is InChI=1S/C8H11NO3/c1-4(9)8-6(11)2-5(10)3-7(8)12/h2-4,10-12H,9H2,1H3/t4-/m0/s1. The van der Waals surface area contributed by atoms with Crippen molar-refractivity contribution in [2.75, 3.05) is 0 Å². The summed E-state index contributed by atoms with van der Waals surface area (Å²) in [5.41, 5.74) is 5.71. The lowest BCUT2D eigenvalue weighted by Crippen LogP contribution is -2.05. The second-order valence-corrected chi connectivity index (χ2v) is 2.69. The van der Waals surface area contributed by atoms with Crippen molar-refractivity contribution in [1.82, 2.24) is 0 Å². The van der Waals surface area contributed by atoms with E-state index >= 15 is 0 Å². The van der Waals surface area contributed by atoms with E-state index < -0.39 is 6.04 Å².